The lowest BCUT2D eigenvalue weighted by Crippen LogP contribution is -2.58. The van der Waals surface area contributed by atoms with Crippen molar-refractivity contribution in [1.82, 2.24) is 10.2 Å². The summed E-state index contributed by atoms with van der Waals surface area (Å²) in [6, 6.07) is 3.46. The van der Waals surface area contributed by atoms with Gasteiger partial charge >= 0.3 is 0 Å². The minimum atomic E-state index is -0.350. The van der Waals surface area contributed by atoms with E-state index < -0.39 is 0 Å². The van der Waals surface area contributed by atoms with E-state index in [2.05, 4.69) is 21.2 Å². The quantitative estimate of drug-likeness (QED) is 0.805. The number of carbonyl (C=O) groups is 2. The third-order valence-corrected chi connectivity index (χ3v) is 4.74. The Hall–Kier alpha value is -0.760. The van der Waals surface area contributed by atoms with E-state index in [9.17, 15) is 9.59 Å². The van der Waals surface area contributed by atoms with Crippen LogP contribution in [0.15, 0.2) is 15.9 Å². The second kappa shape index (κ2) is 5.48. The molecular weight excluding hydrogens is 318 g/mol. The summed E-state index contributed by atoms with van der Waals surface area (Å²) in [5.74, 6) is -0.535. The third kappa shape index (κ3) is 2.64. The summed E-state index contributed by atoms with van der Waals surface area (Å²) >= 11 is 4.98. The van der Waals surface area contributed by atoms with Crippen molar-refractivity contribution in [3.63, 3.8) is 0 Å². The maximum absolute atomic E-state index is 11.7. The van der Waals surface area contributed by atoms with Gasteiger partial charge in [0.2, 0.25) is 11.8 Å². The van der Waals surface area contributed by atoms with Crippen molar-refractivity contribution in [2.45, 2.75) is 19.0 Å². The van der Waals surface area contributed by atoms with Crippen LogP contribution in [0, 0.1) is 0 Å². The van der Waals surface area contributed by atoms with Crippen LogP contribution >= 0.6 is 27.3 Å². The van der Waals surface area contributed by atoms with Crippen molar-refractivity contribution < 1.29 is 9.59 Å². The predicted octanol–water partition coefficient (Wildman–Crippen LogP) is 0.857. The topological polar surface area (TPSA) is 75.4 Å². The summed E-state index contributed by atoms with van der Waals surface area (Å²) in [6.45, 7) is 2.36. The number of nitrogens with zero attached hydrogens (tertiary/aromatic N) is 1. The first-order valence-corrected chi connectivity index (χ1v) is 7.18. The molecule has 5 nitrogen and oxygen atoms in total. The van der Waals surface area contributed by atoms with Crippen LogP contribution < -0.4 is 11.1 Å². The molecule has 1 aliphatic heterocycles. The maximum Gasteiger partial charge on any atom is 0.243 e. The number of nitrogens with one attached hydrogen (secondary N) is 1. The number of imide groups is 1. The number of nitrogens with two attached hydrogens (primary N) is 1. The highest BCUT2D eigenvalue weighted by atomic mass is 79.9. The molecule has 1 aromatic heterocycles. The minimum absolute atomic E-state index is 0.105. The Labute approximate surface area is 117 Å². The molecule has 2 unspecified atom stereocenters. The van der Waals surface area contributed by atoms with Crippen molar-refractivity contribution in [2.75, 3.05) is 13.1 Å². The van der Waals surface area contributed by atoms with Gasteiger partial charge in [-0.15, -0.1) is 11.3 Å². The van der Waals surface area contributed by atoms with Gasteiger partial charge in [0.05, 0.1) is 22.4 Å². The number of rotatable bonds is 3. The minimum Gasteiger partial charge on any atom is -0.329 e. The summed E-state index contributed by atoms with van der Waals surface area (Å²) in [6.07, 6.45) is 0. The average molecular weight is 332 g/mol. The monoisotopic (exact) mass is 331 g/mol. The van der Waals surface area contributed by atoms with Gasteiger partial charge in [0.25, 0.3) is 0 Å². The van der Waals surface area contributed by atoms with E-state index in [1.807, 2.05) is 17.0 Å². The van der Waals surface area contributed by atoms with E-state index >= 15 is 0 Å². The molecule has 0 aliphatic carbocycles. The molecule has 1 fully saturated rings. The summed E-state index contributed by atoms with van der Waals surface area (Å²) < 4.78 is 1.01. The number of halogens is 1. The third-order valence-electron chi connectivity index (χ3n) is 3.01. The van der Waals surface area contributed by atoms with Gasteiger partial charge in [-0.3, -0.25) is 19.8 Å². The van der Waals surface area contributed by atoms with Gasteiger partial charge in [0.15, 0.2) is 0 Å². The van der Waals surface area contributed by atoms with E-state index in [0.29, 0.717) is 6.54 Å². The van der Waals surface area contributed by atoms with Crippen molar-refractivity contribution in [3.8, 4) is 0 Å². The Morgan fingerprint density at radius 3 is 2.89 bits per heavy atom. The molecular formula is C11H14BrN3O2S. The number of thiophene rings is 1. The van der Waals surface area contributed by atoms with Crippen molar-refractivity contribution >= 4 is 39.1 Å². The number of hydrogen-bond donors (Lipinski definition) is 2. The van der Waals surface area contributed by atoms with E-state index in [1.54, 1.807) is 18.3 Å². The second-order valence-corrected chi connectivity index (χ2v) is 6.65. The predicted molar refractivity (Wildman–Crippen MR) is 73.1 cm³/mol. The molecule has 2 heterocycles. The number of amides is 2. The first kappa shape index (κ1) is 13.7. The Kier molecular flexibility index (Phi) is 4.16. The molecule has 0 saturated carbocycles. The summed E-state index contributed by atoms with van der Waals surface area (Å²) in [5.41, 5.74) is 5.80. The largest absolute Gasteiger partial charge is 0.329 e. The maximum atomic E-state index is 11.7. The number of carbonyl (C=O) groups excluding carboxylic acids is 2. The van der Waals surface area contributed by atoms with Gasteiger partial charge in [-0.05, 0) is 35.0 Å². The summed E-state index contributed by atoms with van der Waals surface area (Å²) in [7, 11) is 0. The van der Waals surface area contributed by atoms with E-state index in [0.717, 1.165) is 8.66 Å². The van der Waals surface area contributed by atoms with Crippen molar-refractivity contribution in [3.05, 3.63) is 20.8 Å². The molecule has 7 heteroatoms. The Morgan fingerprint density at radius 2 is 2.33 bits per heavy atom. The number of hydrogen-bond acceptors (Lipinski definition) is 5. The highest BCUT2D eigenvalue weighted by Crippen LogP contribution is 2.31. The fourth-order valence-corrected chi connectivity index (χ4v) is 3.60. The number of piperazine rings is 1. The van der Waals surface area contributed by atoms with Crippen LogP contribution in [0.5, 0.6) is 0 Å². The highest BCUT2D eigenvalue weighted by Gasteiger charge is 2.35. The zero-order valence-corrected chi connectivity index (χ0v) is 12.3. The smallest absolute Gasteiger partial charge is 0.243 e. The van der Waals surface area contributed by atoms with Gasteiger partial charge in [-0.1, -0.05) is 0 Å². The highest BCUT2D eigenvalue weighted by molar-refractivity contribution is 9.11. The van der Waals surface area contributed by atoms with Gasteiger partial charge in [-0.2, -0.15) is 0 Å². The van der Waals surface area contributed by atoms with Crippen LogP contribution in [0.2, 0.25) is 0 Å². The van der Waals surface area contributed by atoms with E-state index in [4.69, 9.17) is 5.73 Å². The van der Waals surface area contributed by atoms with Gasteiger partial charge in [0.1, 0.15) is 0 Å². The second-order valence-electron chi connectivity index (χ2n) is 4.15. The first-order chi connectivity index (χ1) is 8.52. The SMILES string of the molecule is CC1C(=O)NC(=O)CN1C(CN)c1ccc(Br)s1. The van der Waals surface area contributed by atoms with Gasteiger partial charge in [0, 0.05) is 11.4 Å². The molecule has 1 saturated heterocycles. The molecule has 3 N–H and O–H groups in total. The Bertz CT molecular complexity index is 477. The molecule has 18 heavy (non-hydrogen) atoms. The molecule has 98 valence electrons. The zero-order chi connectivity index (χ0) is 13.3. The molecule has 2 amide bonds. The van der Waals surface area contributed by atoms with Crippen molar-refractivity contribution in [1.29, 1.82) is 0 Å². The lowest BCUT2D eigenvalue weighted by atomic mass is 10.1. The molecule has 2 rings (SSSR count). The lowest BCUT2D eigenvalue weighted by molar-refractivity contribution is -0.140. The molecule has 0 aromatic carbocycles. The van der Waals surface area contributed by atoms with Crippen molar-refractivity contribution in [2.24, 2.45) is 5.73 Å². The standard InChI is InChI=1S/C11H14BrN3O2S/c1-6-11(17)14-10(16)5-15(6)7(4-13)8-2-3-9(12)18-8/h2-3,6-7H,4-5,13H2,1H3,(H,14,16,17). The molecule has 1 aromatic rings. The molecule has 2 atom stereocenters. The molecule has 0 spiro atoms. The zero-order valence-electron chi connectivity index (χ0n) is 9.85. The average Bonchev–Trinajstić information content (AvgIpc) is 2.73. The fourth-order valence-electron chi connectivity index (χ4n) is 2.04. The Morgan fingerprint density at radius 1 is 1.61 bits per heavy atom. The van der Waals surface area contributed by atoms with Gasteiger partial charge < -0.3 is 5.73 Å². The van der Waals surface area contributed by atoms with Gasteiger partial charge in [-0.25, -0.2) is 0 Å². The van der Waals surface area contributed by atoms with Crippen LogP contribution in [0.3, 0.4) is 0 Å². The van der Waals surface area contributed by atoms with Crippen LogP contribution in [0.25, 0.3) is 0 Å². The molecule has 0 radical (unpaired) electrons. The lowest BCUT2D eigenvalue weighted by Gasteiger charge is -2.36. The van der Waals surface area contributed by atoms with Crippen LogP contribution in [-0.2, 0) is 9.59 Å². The van der Waals surface area contributed by atoms with E-state index in [-0.39, 0.29) is 30.4 Å². The normalized spacial score (nSPS) is 22.9. The van der Waals surface area contributed by atoms with Crippen LogP contribution in [0.1, 0.15) is 17.8 Å². The van der Waals surface area contributed by atoms with E-state index in [1.165, 1.54) is 0 Å². The molecule has 0 bridgehead atoms. The fraction of sp³-hybridized carbons (Fsp3) is 0.455. The first-order valence-electron chi connectivity index (χ1n) is 5.57. The van der Waals surface area contributed by atoms with Crippen LogP contribution in [-0.4, -0.2) is 35.8 Å². The Balaban J connectivity index is 2.26. The molecule has 1 aliphatic rings. The van der Waals surface area contributed by atoms with Crippen LogP contribution in [0.4, 0.5) is 0 Å². The summed E-state index contributed by atoms with van der Waals surface area (Å²) in [5, 5.41) is 2.33. The summed E-state index contributed by atoms with van der Waals surface area (Å²) in [4.78, 5) is 26.0.